The van der Waals surface area contributed by atoms with Gasteiger partial charge in [-0.25, -0.2) is 0 Å². The smallest absolute Gasteiger partial charge is 0.127 e. The lowest BCUT2D eigenvalue weighted by Gasteiger charge is -2.20. The summed E-state index contributed by atoms with van der Waals surface area (Å²) in [6.07, 6.45) is 0.945. The van der Waals surface area contributed by atoms with Crippen molar-refractivity contribution in [1.29, 1.82) is 0 Å². The minimum Gasteiger partial charge on any atom is -0.492 e. The van der Waals surface area contributed by atoms with Crippen molar-refractivity contribution in [3.63, 3.8) is 0 Å². The minimum atomic E-state index is 0.666. The average Bonchev–Trinajstić information content (AvgIpc) is 2.73. The van der Waals surface area contributed by atoms with Gasteiger partial charge in [0.05, 0.1) is 0 Å². The second-order valence-electron chi connectivity index (χ2n) is 7.09. The standard InChI is InChI=1S/C26H29NO/c1-4-23(21-13-7-5-8-14-21)26(22-15-9-6-10-16-22)24-17-11-12-18-25(24)28-20-19-27(2)3/h5-18H,4,19-20H2,1-3H3/b26-23-. The van der Waals surface area contributed by atoms with Crippen molar-refractivity contribution in [3.05, 3.63) is 102 Å². The number of para-hydroxylation sites is 1. The van der Waals surface area contributed by atoms with Crippen molar-refractivity contribution >= 4 is 11.1 Å². The van der Waals surface area contributed by atoms with Gasteiger partial charge in [-0.1, -0.05) is 85.8 Å². The molecule has 0 fully saturated rings. The van der Waals surface area contributed by atoms with Crippen molar-refractivity contribution in [2.75, 3.05) is 27.2 Å². The Morgan fingerprint density at radius 2 is 1.32 bits per heavy atom. The van der Waals surface area contributed by atoms with Crippen molar-refractivity contribution in [2.45, 2.75) is 13.3 Å². The fourth-order valence-corrected chi connectivity index (χ4v) is 3.40. The Morgan fingerprint density at radius 3 is 1.93 bits per heavy atom. The van der Waals surface area contributed by atoms with Crippen LogP contribution in [0.25, 0.3) is 11.1 Å². The Kier molecular flexibility index (Phi) is 7.05. The molecule has 0 radical (unpaired) electrons. The number of benzene rings is 3. The molecule has 3 aromatic rings. The summed E-state index contributed by atoms with van der Waals surface area (Å²) in [5, 5.41) is 0. The monoisotopic (exact) mass is 371 g/mol. The Labute approximate surface area is 169 Å². The molecule has 0 heterocycles. The van der Waals surface area contributed by atoms with Crippen LogP contribution >= 0.6 is 0 Å². The van der Waals surface area contributed by atoms with Crippen LogP contribution in [0.3, 0.4) is 0 Å². The number of rotatable bonds is 8. The zero-order valence-corrected chi connectivity index (χ0v) is 17.1. The third-order valence-electron chi connectivity index (χ3n) is 4.79. The fraction of sp³-hybridized carbons (Fsp3) is 0.231. The van der Waals surface area contributed by atoms with Crippen LogP contribution in [0.15, 0.2) is 84.9 Å². The van der Waals surface area contributed by atoms with E-state index >= 15 is 0 Å². The summed E-state index contributed by atoms with van der Waals surface area (Å²) in [4.78, 5) is 2.14. The van der Waals surface area contributed by atoms with E-state index in [4.69, 9.17) is 4.74 Å². The zero-order valence-electron chi connectivity index (χ0n) is 17.1. The first-order valence-corrected chi connectivity index (χ1v) is 9.91. The molecule has 0 bridgehead atoms. The molecular weight excluding hydrogens is 342 g/mol. The number of ether oxygens (including phenoxy) is 1. The second kappa shape index (κ2) is 9.91. The molecule has 3 aromatic carbocycles. The lowest BCUT2D eigenvalue weighted by atomic mass is 9.88. The maximum absolute atomic E-state index is 6.21. The summed E-state index contributed by atoms with van der Waals surface area (Å²) in [7, 11) is 4.13. The van der Waals surface area contributed by atoms with Gasteiger partial charge in [0, 0.05) is 12.1 Å². The first kappa shape index (κ1) is 19.9. The van der Waals surface area contributed by atoms with Gasteiger partial charge in [0.2, 0.25) is 0 Å². The van der Waals surface area contributed by atoms with E-state index in [1.165, 1.54) is 22.3 Å². The lowest BCUT2D eigenvalue weighted by molar-refractivity contribution is 0.261. The van der Waals surface area contributed by atoms with E-state index < -0.39 is 0 Å². The van der Waals surface area contributed by atoms with Gasteiger partial charge in [-0.15, -0.1) is 0 Å². The van der Waals surface area contributed by atoms with E-state index in [9.17, 15) is 0 Å². The van der Waals surface area contributed by atoms with Gasteiger partial charge < -0.3 is 9.64 Å². The first-order chi connectivity index (χ1) is 13.7. The van der Waals surface area contributed by atoms with E-state index in [0.29, 0.717) is 6.61 Å². The molecule has 28 heavy (non-hydrogen) atoms. The number of hydrogen-bond acceptors (Lipinski definition) is 2. The van der Waals surface area contributed by atoms with E-state index in [1.54, 1.807) is 0 Å². The van der Waals surface area contributed by atoms with E-state index in [1.807, 2.05) is 6.07 Å². The van der Waals surface area contributed by atoms with Crippen LogP contribution in [0.2, 0.25) is 0 Å². The largest absolute Gasteiger partial charge is 0.492 e. The summed E-state index contributed by atoms with van der Waals surface area (Å²) >= 11 is 0. The average molecular weight is 372 g/mol. The predicted octanol–water partition coefficient (Wildman–Crippen LogP) is 6.00. The van der Waals surface area contributed by atoms with E-state index in [2.05, 4.69) is 105 Å². The number of likely N-dealkylation sites (N-methyl/N-ethyl adjacent to an activating group) is 1. The predicted molar refractivity (Wildman–Crippen MR) is 120 cm³/mol. The van der Waals surface area contributed by atoms with Crippen LogP contribution in [0, 0.1) is 0 Å². The summed E-state index contributed by atoms with van der Waals surface area (Å²) in [6.45, 7) is 3.78. The maximum atomic E-state index is 6.21. The highest BCUT2D eigenvalue weighted by Crippen LogP contribution is 2.38. The highest BCUT2D eigenvalue weighted by molar-refractivity contribution is 5.99. The quantitative estimate of drug-likeness (QED) is 0.451. The van der Waals surface area contributed by atoms with Crippen LogP contribution in [0.1, 0.15) is 30.0 Å². The lowest BCUT2D eigenvalue weighted by Crippen LogP contribution is -2.19. The third-order valence-corrected chi connectivity index (χ3v) is 4.79. The normalized spacial score (nSPS) is 12.0. The summed E-state index contributed by atoms with van der Waals surface area (Å²) < 4.78 is 6.21. The van der Waals surface area contributed by atoms with Crippen molar-refractivity contribution in [1.82, 2.24) is 4.90 Å². The molecule has 0 saturated carbocycles. The van der Waals surface area contributed by atoms with Crippen molar-refractivity contribution in [3.8, 4) is 5.75 Å². The molecule has 2 nitrogen and oxygen atoms in total. The van der Waals surface area contributed by atoms with Gasteiger partial charge in [0.1, 0.15) is 12.4 Å². The van der Waals surface area contributed by atoms with Gasteiger partial charge in [-0.3, -0.25) is 0 Å². The molecule has 144 valence electrons. The Morgan fingerprint density at radius 1 is 0.750 bits per heavy atom. The number of nitrogens with zero attached hydrogens (tertiary/aromatic N) is 1. The van der Waals surface area contributed by atoms with Gasteiger partial charge in [0.25, 0.3) is 0 Å². The molecule has 0 unspecified atom stereocenters. The molecular formula is C26H29NO. The van der Waals surface area contributed by atoms with Gasteiger partial charge >= 0.3 is 0 Å². The van der Waals surface area contributed by atoms with Crippen LogP contribution in [0.4, 0.5) is 0 Å². The first-order valence-electron chi connectivity index (χ1n) is 9.91. The Bertz CT molecular complexity index is 898. The molecule has 0 saturated heterocycles. The van der Waals surface area contributed by atoms with Crippen molar-refractivity contribution in [2.24, 2.45) is 0 Å². The molecule has 2 heteroatoms. The van der Waals surface area contributed by atoms with Crippen LogP contribution in [-0.4, -0.2) is 32.1 Å². The molecule has 3 rings (SSSR count). The van der Waals surface area contributed by atoms with Crippen LogP contribution < -0.4 is 4.74 Å². The molecule has 0 spiro atoms. The summed E-state index contributed by atoms with van der Waals surface area (Å²) in [5.74, 6) is 0.935. The molecule has 0 aliphatic rings. The molecule has 0 aliphatic heterocycles. The SMILES string of the molecule is CC/C(=C(\c1ccccc1)c1ccccc1OCCN(C)C)c1ccccc1. The summed E-state index contributed by atoms with van der Waals surface area (Å²) in [6, 6.07) is 29.7. The summed E-state index contributed by atoms with van der Waals surface area (Å²) in [5.41, 5.74) is 6.19. The van der Waals surface area contributed by atoms with Gasteiger partial charge in [-0.2, -0.15) is 0 Å². The van der Waals surface area contributed by atoms with Gasteiger partial charge in [-0.05, 0) is 48.9 Å². The fourth-order valence-electron chi connectivity index (χ4n) is 3.40. The highest BCUT2D eigenvalue weighted by atomic mass is 16.5. The Balaban J connectivity index is 2.15. The molecule has 0 atom stereocenters. The molecule has 0 amide bonds. The van der Waals surface area contributed by atoms with Crippen molar-refractivity contribution < 1.29 is 4.74 Å². The second-order valence-corrected chi connectivity index (χ2v) is 7.09. The zero-order chi connectivity index (χ0) is 19.8. The topological polar surface area (TPSA) is 12.5 Å². The minimum absolute atomic E-state index is 0.666. The van der Waals surface area contributed by atoms with Gasteiger partial charge in [0.15, 0.2) is 0 Å². The highest BCUT2D eigenvalue weighted by Gasteiger charge is 2.16. The molecule has 0 N–H and O–H groups in total. The Hall–Kier alpha value is -2.84. The maximum Gasteiger partial charge on any atom is 0.127 e. The van der Waals surface area contributed by atoms with Crippen LogP contribution in [-0.2, 0) is 0 Å². The van der Waals surface area contributed by atoms with E-state index in [0.717, 1.165) is 24.3 Å². The number of allylic oxidation sites excluding steroid dienone is 1. The third kappa shape index (κ3) is 4.90. The van der Waals surface area contributed by atoms with Crippen LogP contribution in [0.5, 0.6) is 5.75 Å². The van der Waals surface area contributed by atoms with E-state index in [-0.39, 0.29) is 0 Å². The number of hydrogen-bond donors (Lipinski definition) is 0. The molecule has 0 aromatic heterocycles. The molecule has 0 aliphatic carbocycles.